The second kappa shape index (κ2) is 9.74. The number of ether oxygens (including phenoxy) is 2. The molecule has 0 aliphatic heterocycles. The van der Waals surface area contributed by atoms with Crippen molar-refractivity contribution in [3.63, 3.8) is 0 Å². The Kier molecular flexibility index (Phi) is 7.38. The molecule has 28 heavy (non-hydrogen) atoms. The van der Waals surface area contributed by atoms with Gasteiger partial charge < -0.3 is 14.4 Å². The normalized spacial score (nSPS) is 11.1. The first-order valence-corrected chi connectivity index (χ1v) is 9.28. The van der Waals surface area contributed by atoms with Crippen LogP contribution in [0.4, 0.5) is 4.79 Å². The number of hydrogen-bond donors (Lipinski definition) is 0. The molecule has 0 aliphatic carbocycles. The van der Waals surface area contributed by atoms with Crippen LogP contribution in [0.1, 0.15) is 43.6 Å². The second-order valence-corrected chi connectivity index (χ2v) is 6.96. The van der Waals surface area contributed by atoms with Gasteiger partial charge in [0, 0.05) is 17.6 Å². The number of benzene rings is 2. The van der Waals surface area contributed by atoms with E-state index < -0.39 is 6.09 Å². The Labute approximate surface area is 166 Å². The molecule has 148 valence electrons. The standard InChI is InChI=1S/C23H27NO4/c1-16(2)24(17(3)4)23(26)28-21-8-6-7-19(15-21)22(25)14-11-18-9-12-20(27-5)13-10-18/h6-17H,1-5H3/b14-11+. The average molecular weight is 381 g/mol. The summed E-state index contributed by atoms with van der Waals surface area (Å²) in [6, 6.07) is 14.1. The van der Waals surface area contributed by atoms with Gasteiger partial charge in [0.2, 0.25) is 0 Å². The van der Waals surface area contributed by atoms with Crippen molar-refractivity contribution in [2.45, 2.75) is 39.8 Å². The van der Waals surface area contributed by atoms with Crippen LogP contribution in [-0.4, -0.2) is 36.0 Å². The van der Waals surface area contributed by atoms with E-state index in [1.54, 1.807) is 42.4 Å². The van der Waals surface area contributed by atoms with Gasteiger partial charge in [-0.15, -0.1) is 0 Å². The lowest BCUT2D eigenvalue weighted by molar-refractivity contribution is 0.104. The molecule has 0 unspecified atom stereocenters. The Balaban J connectivity index is 2.09. The summed E-state index contributed by atoms with van der Waals surface area (Å²) in [5.41, 5.74) is 1.34. The third kappa shape index (κ3) is 5.71. The second-order valence-electron chi connectivity index (χ2n) is 6.96. The fourth-order valence-corrected chi connectivity index (χ4v) is 2.87. The third-order valence-corrected chi connectivity index (χ3v) is 4.19. The smallest absolute Gasteiger partial charge is 0.415 e. The van der Waals surface area contributed by atoms with E-state index in [1.165, 1.54) is 6.08 Å². The summed E-state index contributed by atoms with van der Waals surface area (Å²) in [6.45, 7) is 7.74. The summed E-state index contributed by atoms with van der Waals surface area (Å²) in [5, 5.41) is 0. The molecule has 5 heteroatoms. The molecule has 0 radical (unpaired) electrons. The van der Waals surface area contributed by atoms with E-state index in [0.29, 0.717) is 11.3 Å². The summed E-state index contributed by atoms with van der Waals surface area (Å²) < 4.78 is 10.6. The lowest BCUT2D eigenvalue weighted by atomic mass is 10.1. The number of allylic oxidation sites excluding steroid dienone is 1. The van der Waals surface area contributed by atoms with E-state index in [2.05, 4.69) is 0 Å². The van der Waals surface area contributed by atoms with Gasteiger partial charge in [0.15, 0.2) is 5.78 Å². The predicted molar refractivity (Wildman–Crippen MR) is 111 cm³/mol. The van der Waals surface area contributed by atoms with Crippen LogP contribution in [0.3, 0.4) is 0 Å². The van der Waals surface area contributed by atoms with Crippen molar-refractivity contribution in [3.05, 3.63) is 65.7 Å². The minimum absolute atomic E-state index is 0.0183. The number of rotatable bonds is 7. The topological polar surface area (TPSA) is 55.8 Å². The van der Waals surface area contributed by atoms with E-state index in [-0.39, 0.29) is 17.9 Å². The number of carbonyl (C=O) groups excluding carboxylic acids is 2. The number of ketones is 1. The van der Waals surface area contributed by atoms with E-state index >= 15 is 0 Å². The van der Waals surface area contributed by atoms with Crippen molar-refractivity contribution in [3.8, 4) is 11.5 Å². The molecule has 0 bridgehead atoms. The van der Waals surface area contributed by atoms with Crippen LogP contribution in [0.2, 0.25) is 0 Å². The molecule has 0 heterocycles. The van der Waals surface area contributed by atoms with Crippen molar-refractivity contribution < 1.29 is 19.1 Å². The summed E-state index contributed by atoms with van der Waals surface area (Å²) in [5.74, 6) is 0.938. The highest BCUT2D eigenvalue weighted by molar-refractivity contribution is 6.07. The van der Waals surface area contributed by atoms with Gasteiger partial charge in [-0.05, 0) is 63.6 Å². The van der Waals surface area contributed by atoms with Gasteiger partial charge in [0.25, 0.3) is 0 Å². The summed E-state index contributed by atoms with van der Waals surface area (Å²) in [6.07, 6.45) is 2.81. The van der Waals surface area contributed by atoms with E-state index in [9.17, 15) is 9.59 Å². The average Bonchev–Trinajstić information content (AvgIpc) is 2.66. The van der Waals surface area contributed by atoms with Gasteiger partial charge in [-0.1, -0.05) is 30.3 Å². The zero-order chi connectivity index (χ0) is 20.7. The minimum atomic E-state index is -0.427. The van der Waals surface area contributed by atoms with Crippen LogP contribution in [0.5, 0.6) is 11.5 Å². The molecule has 1 amide bonds. The first kappa shape index (κ1) is 21.2. The molecule has 0 fully saturated rings. The van der Waals surface area contributed by atoms with Crippen LogP contribution in [-0.2, 0) is 0 Å². The highest BCUT2D eigenvalue weighted by Gasteiger charge is 2.22. The molecule has 2 aromatic rings. The number of methoxy groups -OCH3 is 1. The molecule has 0 spiro atoms. The Morgan fingerprint density at radius 3 is 2.14 bits per heavy atom. The van der Waals surface area contributed by atoms with Crippen LogP contribution in [0.25, 0.3) is 6.08 Å². The zero-order valence-electron chi connectivity index (χ0n) is 17.0. The van der Waals surface area contributed by atoms with E-state index in [1.807, 2.05) is 52.0 Å². The van der Waals surface area contributed by atoms with Crippen molar-refractivity contribution in [1.82, 2.24) is 4.90 Å². The predicted octanol–water partition coefficient (Wildman–Crippen LogP) is 5.21. The van der Waals surface area contributed by atoms with Gasteiger partial charge >= 0.3 is 6.09 Å². The Bertz CT molecular complexity index is 830. The zero-order valence-corrected chi connectivity index (χ0v) is 17.0. The number of hydrogen-bond acceptors (Lipinski definition) is 4. The van der Waals surface area contributed by atoms with E-state index in [0.717, 1.165) is 11.3 Å². The highest BCUT2D eigenvalue weighted by atomic mass is 16.6. The molecular weight excluding hydrogens is 354 g/mol. The molecule has 2 aromatic carbocycles. The van der Waals surface area contributed by atoms with Crippen LogP contribution >= 0.6 is 0 Å². The van der Waals surface area contributed by atoms with Gasteiger partial charge in [-0.3, -0.25) is 4.79 Å². The van der Waals surface area contributed by atoms with Crippen LogP contribution < -0.4 is 9.47 Å². The van der Waals surface area contributed by atoms with Crippen LogP contribution in [0.15, 0.2) is 54.6 Å². The first-order chi connectivity index (χ1) is 13.3. The largest absolute Gasteiger partial charge is 0.497 e. The van der Waals surface area contributed by atoms with Crippen molar-refractivity contribution in [2.75, 3.05) is 7.11 Å². The van der Waals surface area contributed by atoms with Gasteiger partial charge in [-0.2, -0.15) is 0 Å². The molecule has 0 aromatic heterocycles. The minimum Gasteiger partial charge on any atom is -0.497 e. The molecular formula is C23H27NO4. The van der Waals surface area contributed by atoms with E-state index in [4.69, 9.17) is 9.47 Å². The molecule has 0 saturated heterocycles. The Hall–Kier alpha value is -3.08. The monoisotopic (exact) mass is 381 g/mol. The van der Waals surface area contributed by atoms with Gasteiger partial charge in [0.05, 0.1) is 7.11 Å². The van der Waals surface area contributed by atoms with Crippen molar-refractivity contribution in [1.29, 1.82) is 0 Å². The summed E-state index contributed by atoms with van der Waals surface area (Å²) >= 11 is 0. The molecule has 2 rings (SSSR count). The molecule has 0 aliphatic rings. The maximum absolute atomic E-state index is 12.5. The lowest BCUT2D eigenvalue weighted by Crippen LogP contribution is -2.43. The van der Waals surface area contributed by atoms with Gasteiger partial charge in [-0.25, -0.2) is 4.79 Å². The quantitative estimate of drug-likeness (QED) is 0.488. The van der Waals surface area contributed by atoms with Crippen molar-refractivity contribution >= 4 is 18.0 Å². The number of amides is 1. The lowest BCUT2D eigenvalue weighted by Gasteiger charge is -2.29. The van der Waals surface area contributed by atoms with Crippen molar-refractivity contribution in [2.24, 2.45) is 0 Å². The Morgan fingerprint density at radius 2 is 1.57 bits per heavy atom. The first-order valence-electron chi connectivity index (χ1n) is 9.28. The Morgan fingerprint density at radius 1 is 0.929 bits per heavy atom. The molecule has 0 atom stereocenters. The summed E-state index contributed by atoms with van der Waals surface area (Å²) in [7, 11) is 1.61. The third-order valence-electron chi connectivity index (χ3n) is 4.19. The van der Waals surface area contributed by atoms with Crippen LogP contribution in [0, 0.1) is 0 Å². The SMILES string of the molecule is COc1ccc(/C=C/C(=O)c2cccc(OC(=O)N(C(C)C)C(C)C)c2)cc1. The maximum atomic E-state index is 12.5. The number of nitrogens with zero attached hydrogens (tertiary/aromatic N) is 1. The number of carbonyl (C=O) groups is 2. The fourth-order valence-electron chi connectivity index (χ4n) is 2.87. The summed E-state index contributed by atoms with van der Waals surface area (Å²) in [4.78, 5) is 26.6. The fraction of sp³-hybridized carbons (Fsp3) is 0.304. The molecule has 0 N–H and O–H groups in total. The molecule has 0 saturated carbocycles. The van der Waals surface area contributed by atoms with Gasteiger partial charge in [0.1, 0.15) is 11.5 Å². The molecule has 5 nitrogen and oxygen atoms in total. The maximum Gasteiger partial charge on any atom is 0.415 e. The highest BCUT2D eigenvalue weighted by Crippen LogP contribution is 2.18.